The molecule has 0 bridgehead atoms. The van der Waals surface area contributed by atoms with E-state index in [4.69, 9.17) is 9.84 Å². The third-order valence-electron chi connectivity index (χ3n) is 2.56. The van der Waals surface area contributed by atoms with Gasteiger partial charge in [0.25, 0.3) is 0 Å². The molecule has 7 heteroatoms. The van der Waals surface area contributed by atoms with Gasteiger partial charge in [0.15, 0.2) is 0 Å². The molecule has 2 N–H and O–H groups in total. The van der Waals surface area contributed by atoms with E-state index in [0.29, 0.717) is 31.1 Å². The minimum absolute atomic E-state index is 0.0629. The summed E-state index contributed by atoms with van der Waals surface area (Å²) in [6, 6.07) is 0.315. The van der Waals surface area contributed by atoms with Crippen molar-refractivity contribution in [1.82, 2.24) is 15.0 Å². The molecular weight excluding hydrogens is 258 g/mol. The smallest absolute Gasteiger partial charge is 0.323 e. The Morgan fingerprint density at radius 2 is 1.90 bits per heavy atom. The van der Waals surface area contributed by atoms with Crippen LogP contribution in [0.4, 0.5) is 11.9 Å². The number of rotatable bonds is 10. The second-order valence-electron chi connectivity index (χ2n) is 4.31. The molecule has 0 fully saturated rings. The first-order valence-electron chi connectivity index (χ1n) is 7.23. The van der Waals surface area contributed by atoms with Crippen molar-refractivity contribution in [3.63, 3.8) is 0 Å². The van der Waals surface area contributed by atoms with E-state index in [0.717, 1.165) is 25.9 Å². The van der Waals surface area contributed by atoms with E-state index in [1.165, 1.54) is 0 Å². The van der Waals surface area contributed by atoms with Crippen LogP contribution in [0.3, 0.4) is 0 Å². The maximum atomic E-state index is 9.15. The van der Waals surface area contributed by atoms with Crippen LogP contribution in [0.2, 0.25) is 0 Å². The highest BCUT2D eigenvalue weighted by Crippen LogP contribution is 2.15. The molecule has 7 nitrogen and oxygen atoms in total. The van der Waals surface area contributed by atoms with Gasteiger partial charge < -0.3 is 20.1 Å². The number of nitrogens with zero attached hydrogens (tertiary/aromatic N) is 4. The van der Waals surface area contributed by atoms with Crippen LogP contribution in [-0.4, -0.2) is 52.9 Å². The third-order valence-corrected chi connectivity index (χ3v) is 2.56. The first kappa shape index (κ1) is 16.4. The molecule has 1 aromatic rings. The van der Waals surface area contributed by atoms with Crippen molar-refractivity contribution >= 4 is 11.9 Å². The average Bonchev–Trinajstić information content (AvgIpc) is 2.45. The minimum atomic E-state index is 0.0629. The van der Waals surface area contributed by atoms with Crippen molar-refractivity contribution in [3.8, 4) is 6.01 Å². The quantitative estimate of drug-likeness (QED) is 0.669. The van der Waals surface area contributed by atoms with E-state index in [2.05, 4.69) is 34.1 Å². The summed E-state index contributed by atoms with van der Waals surface area (Å²) in [7, 11) is 0. The number of hydrogen-bond donors (Lipinski definition) is 2. The molecule has 114 valence electrons. The highest BCUT2D eigenvalue weighted by molar-refractivity contribution is 5.38. The minimum Gasteiger partial charge on any atom is -0.464 e. The van der Waals surface area contributed by atoms with Gasteiger partial charge in [-0.05, 0) is 19.8 Å². The number of aromatic nitrogens is 3. The lowest BCUT2D eigenvalue weighted by Crippen LogP contribution is -2.29. The normalized spacial score (nSPS) is 10.4. The summed E-state index contributed by atoms with van der Waals surface area (Å²) in [4.78, 5) is 14.8. The summed E-state index contributed by atoms with van der Waals surface area (Å²) in [5, 5.41) is 12.3. The molecule has 0 saturated heterocycles. The van der Waals surface area contributed by atoms with Gasteiger partial charge in [0.05, 0.1) is 13.2 Å². The zero-order valence-electron chi connectivity index (χ0n) is 12.6. The van der Waals surface area contributed by atoms with Crippen LogP contribution in [0, 0.1) is 0 Å². The Balaban J connectivity index is 2.97. The first-order valence-corrected chi connectivity index (χ1v) is 7.23. The van der Waals surface area contributed by atoms with Crippen molar-refractivity contribution in [2.75, 3.05) is 43.1 Å². The van der Waals surface area contributed by atoms with Crippen molar-refractivity contribution in [1.29, 1.82) is 0 Å². The van der Waals surface area contributed by atoms with E-state index in [1.54, 1.807) is 0 Å². The topological polar surface area (TPSA) is 83.4 Å². The highest BCUT2D eigenvalue weighted by Gasteiger charge is 2.13. The Hall–Kier alpha value is -1.63. The highest BCUT2D eigenvalue weighted by atomic mass is 16.5. The molecule has 0 amide bonds. The van der Waals surface area contributed by atoms with Gasteiger partial charge >= 0.3 is 6.01 Å². The lowest BCUT2D eigenvalue weighted by atomic mass is 10.4. The van der Waals surface area contributed by atoms with Crippen LogP contribution in [0.15, 0.2) is 0 Å². The largest absolute Gasteiger partial charge is 0.464 e. The molecule has 0 radical (unpaired) electrons. The van der Waals surface area contributed by atoms with Crippen LogP contribution in [0.1, 0.15) is 33.6 Å². The van der Waals surface area contributed by atoms with Gasteiger partial charge in [-0.15, -0.1) is 0 Å². The molecule has 0 aromatic carbocycles. The van der Waals surface area contributed by atoms with Gasteiger partial charge in [-0.2, -0.15) is 15.0 Å². The van der Waals surface area contributed by atoms with Gasteiger partial charge in [-0.25, -0.2) is 0 Å². The van der Waals surface area contributed by atoms with Gasteiger partial charge in [0.1, 0.15) is 0 Å². The molecule has 0 spiro atoms. The molecule has 0 atom stereocenters. The molecule has 1 aromatic heterocycles. The van der Waals surface area contributed by atoms with Crippen LogP contribution >= 0.6 is 0 Å². The molecule has 20 heavy (non-hydrogen) atoms. The van der Waals surface area contributed by atoms with E-state index in [-0.39, 0.29) is 6.61 Å². The summed E-state index contributed by atoms with van der Waals surface area (Å²) < 4.78 is 5.38. The van der Waals surface area contributed by atoms with Crippen molar-refractivity contribution in [2.24, 2.45) is 0 Å². The SMILES string of the molecule is CCCNc1nc(OCC)nc(N(CCC)CCO)n1. The van der Waals surface area contributed by atoms with E-state index in [9.17, 15) is 0 Å². The molecule has 0 unspecified atom stereocenters. The summed E-state index contributed by atoms with van der Waals surface area (Å²) in [5.74, 6) is 1.05. The van der Waals surface area contributed by atoms with Crippen molar-refractivity contribution in [2.45, 2.75) is 33.6 Å². The lowest BCUT2D eigenvalue weighted by Gasteiger charge is -2.21. The summed E-state index contributed by atoms with van der Waals surface area (Å²) in [6.45, 7) is 8.68. The van der Waals surface area contributed by atoms with E-state index >= 15 is 0 Å². The Kier molecular flexibility index (Phi) is 7.64. The van der Waals surface area contributed by atoms with Gasteiger partial charge in [-0.1, -0.05) is 13.8 Å². The molecule has 0 aliphatic carbocycles. The summed E-state index contributed by atoms with van der Waals surface area (Å²) in [5.41, 5.74) is 0. The fourth-order valence-corrected chi connectivity index (χ4v) is 1.70. The first-order chi connectivity index (χ1) is 9.74. The van der Waals surface area contributed by atoms with Gasteiger partial charge in [-0.3, -0.25) is 0 Å². The van der Waals surface area contributed by atoms with Crippen molar-refractivity contribution < 1.29 is 9.84 Å². The molecule has 0 aliphatic heterocycles. The summed E-state index contributed by atoms with van der Waals surface area (Å²) in [6.07, 6.45) is 1.94. The number of nitrogens with one attached hydrogen (secondary N) is 1. The third kappa shape index (κ3) is 5.16. The second kappa shape index (κ2) is 9.30. The van der Waals surface area contributed by atoms with Crippen LogP contribution in [0.25, 0.3) is 0 Å². The van der Waals surface area contributed by atoms with Crippen LogP contribution in [0.5, 0.6) is 6.01 Å². The Labute approximate surface area is 120 Å². The average molecular weight is 283 g/mol. The second-order valence-corrected chi connectivity index (χ2v) is 4.31. The Morgan fingerprint density at radius 3 is 2.50 bits per heavy atom. The molecule has 1 heterocycles. The molecule has 0 saturated carbocycles. The van der Waals surface area contributed by atoms with Gasteiger partial charge in [0, 0.05) is 19.6 Å². The summed E-state index contributed by atoms with van der Waals surface area (Å²) >= 11 is 0. The zero-order chi connectivity index (χ0) is 14.8. The van der Waals surface area contributed by atoms with E-state index < -0.39 is 0 Å². The maximum Gasteiger partial charge on any atom is 0.323 e. The molecular formula is C13H25N5O2. The standard InChI is InChI=1S/C13H25N5O2/c1-4-7-14-11-15-12(17-13(16-11)20-6-3)18(8-5-2)9-10-19/h19H,4-10H2,1-3H3,(H,14,15,16,17). The fraction of sp³-hybridized carbons (Fsp3) is 0.769. The number of anilines is 2. The monoisotopic (exact) mass is 283 g/mol. The predicted molar refractivity (Wildman–Crippen MR) is 79.4 cm³/mol. The molecule has 0 aliphatic rings. The number of ether oxygens (including phenoxy) is 1. The Morgan fingerprint density at radius 1 is 1.10 bits per heavy atom. The number of aliphatic hydroxyl groups is 1. The number of hydrogen-bond acceptors (Lipinski definition) is 7. The maximum absolute atomic E-state index is 9.15. The predicted octanol–water partition coefficient (Wildman–Crippen LogP) is 1.30. The number of aliphatic hydroxyl groups excluding tert-OH is 1. The van der Waals surface area contributed by atoms with Crippen molar-refractivity contribution in [3.05, 3.63) is 0 Å². The van der Waals surface area contributed by atoms with Crippen LogP contribution in [-0.2, 0) is 0 Å². The zero-order valence-corrected chi connectivity index (χ0v) is 12.6. The van der Waals surface area contributed by atoms with Gasteiger partial charge in [0.2, 0.25) is 11.9 Å². The van der Waals surface area contributed by atoms with E-state index in [1.807, 2.05) is 11.8 Å². The fourth-order valence-electron chi connectivity index (χ4n) is 1.70. The molecule has 1 rings (SSSR count). The Bertz CT molecular complexity index is 383. The van der Waals surface area contributed by atoms with Crippen LogP contribution < -0.4 is 15.0 Å². The lowest BCUT2D eigenvalue weighted by molar-refractivity contribution is 0.298.